The standard InChI is InChI=1S/C16H17Cl2N3O2S/c17-14-11-19-12-15(18)16(14)20-7-4-8-21(10-9-20)24(22,23)13-5-2-1-3-6-13/h1-3,5-6,11-12H,4,7-10H2. The molecule has 0 N–H and O–H groups in total. The molecule has 1 aromatic carbocycles. The average Bonchev–Trinajstić information content (AvgIpc) is 2.82. The van der Waals surface area contributed by atoms with Gasteiger partial charge < -0.3 is 4.90 Å². The number of nitrogens with zero attached hydrogens (tertiary/aromatic N) is 3. The molecule has 1 aliphatic rings. The Bertz CT molecular complexity index is 795. The fourth-order valence-electron chi connectivity index (χ4n) is 2.81. The lowest BCUT2D eigenvalue weighted by atomic mass is 10.3. The van der Waals surface area contributed by atoms with Gasteiger partial charge in [0.05, 0.1) is 20.6 Å². The third kappa shape index (κ3) is 3.52. The minimum atomic E-state index is -3.48. The van der Waals surface area contributed by atoms with E-state index in [0.29, 0.717) is 53.2 Å². The zero-order valence-electron chi connectivity index (χ0n) is 12.9. The molecular formula is C16H17Cl2N3O2S. The largest absolute Gasteiger partial charge is 0.368 e. The van der Waals surface area contributed by atoms with Gasteiger partial charge in [-0.15, -0.1) is 0 Å². The maximum absolute atomic E-state index is 12.8. The summed E-state index contributed by atoms with van der Waals surface area (Å²) in [6.07, 6.45) is 3.79. The van der Waals surface area contributed by atoms with Gasteiger partial charge in [0.25, 0.3) is 0 Å². The van der Waals surface area contributed by atoms with Crippen molar-refractivity contribution in [2.24, 2.45) is 0 Å². The lowest BCUT2D eigenvalue weighted by Crippen LogP contribution is -2.35. The Labute approximate surface area is 151 Å². The van der Waals surface area contributed by atoms with E-state index in [0.717, 1.165) is 0 Å². The van der Waals surface area contributed by atoms with Gasteiger partial charge in [0.2, 0.25) is 10.0 Å². The minimum Gasteiger partial charge on any atom is -0.368 e. The molecule has 1 aromatic heterocycles. The Hall–Kier alpha value is -1.34. The van der Waals surface area contributed by atoms with Crippen molar-refractivity contribution < 1.29 is 8.42 Å². The molecule has 3 rings (SSSR count). The van der Waals surface area contributed by atoms with Crippen LogP contribution in [0, 0.1) is 0 Å². The lowest BCUT2D eigenvalue weighted by Gasteiger charge is -2.25. The summed E-state index contributed by atoms with van der Waals surface area (Å²) < 4.78 is 27.0. The summed E-state index contributed by atoms with van der Waals surface area (Å²) in [7, 11) is -3.48. The molecule has 0 unspecified atom stereocenters. The van der Waals surface area contributed by atoms with Crippen molar-refractivity contribution in [3.05, 3.63) is 52.8 Å². The third-order valence-corrected chi connectivity index (χ3v) is 6.45. The number of hydrogen-bond donors (Lipinski definition) is 0. The van der Waals surface area contributed by atoms with Crippen molar-refractivity contribution in [1.82, 2.24) is 9.29 Å². The normalized spacial score (nSPS) is 16.8. The number of rotatable bonds is 3. The van der Waals surface area contributed by atoms with E-state index in [9.17, 15) is 8.42 Å². The van der Waals surface area contributed by atoms with E-state index >= 15 is 0 Å². The quantitative estimate of drug-likeness (QED) is 0.813. The monoisotopic (exact) mass is 385 g/mol. The summed E-state index contributed by atoms with van der Waals surface area (Å²) in [5, 5.41) is 0.948. The highest BCUT2D eigenvalue weighted by Gasteiger charge is 2.27. The van der Waals surface area contributed by atoms with E-state index < -0.39 is 10.0 Å². The predicted molar refractivity (Wildman–Crippen MR) is 96.3 cm³/mol. The van der Waals surface area contributed by atoms with Crippen LogP contribution in [0.2, 0.25) is 10.0 Å². The number of anilines is 1. The summed E-state index contributed by atoms with van der Waals surface area (Å²) in [6, 6.07) is 8.50. The van der Waals surface area contributed by atoms with Crippen LogP contribution in [0.1, 0.15) is 6.42 Å². The maximum Gasteiger partial charge on any atom is 0.243 e. The van der Waals surface area contributed by atoms with Gasteiger partial charge in [0.1, 0.15) is 0 Å². The second-order valence-electron chi connectivity index (χ2n) is 5.51. The van der Waals surface area contributed by atoms with E-state index in [1.54, 1.807) is 42.7 Å². The van der Waals surface area contributed by atoms with Gasteiger partial charge >= 0.3 is 0 Å². The smallest absolute Gasteiger partial charge is 0.243 e. The molecule has 8 heteroatoms. The fourth-order valence-corrected chi connectivity index (χ4v) is 4.90. The van der Waals surface area contributed by atoms with Gasteiger partial charge in [-0.25, -0.2) is 8.42 Å². The second-order valence-corrected chi connectivity index (χ2v) is 8.26. The van der Waals surface area contributed by atoms with E-state index in [2.05, 4.69) is 4.98 Å². The van der Waals surface area contributed by atoms with Crippen LogP contribution in [0.4, 0.5) is 5.69 Å². The molecule has 0 amide bonds. The van der Waals surface area contributed by atoms with E-state index in [-0.39, 0.29) is 0 Å². The number of pyridine rings is 1. The fraction of sp³-hybridized carbons (Fsp3) is 0.312. The number of hydrogen-bond acceptors (Lipinski definition) is 4. The first-order valence-corrected chi connectivity index (χ1v) is 9.79. The van der Waals surface area contributed by atoms with Crippen LogP contribution < -0.4 is 4.90 Å². The van der Waals surface area contributed by atoms with Crippen molar-refractivity contribution in [1.29, 1.82) is 0 Å². The molecular weight excluding hydrogens is 369 g/mol. The van der Waals surface area contributed by atoms with Crippen molar-refractivity contribution in [3.63, 3.8) is 0 Å². The lowest BCUT2D eigenvalue weighted by molar-refractivity contribution is 0.433. The Morgan fingerprint density at radius 3 is 2.25 bits per heavy atom. The first-order valence-electron chi connectivity index (χ1n) is 7.59. The van der Waals surface area contributed by atoms with Gasteiger partial charge in [0.15, 0.2) is 0 Å². The molecule has 0 bridgehead atoms. The van der Waals surface area contributed by atoms with Crippen molar-refractivity contribution in [2.45, 2.75) is 11.3 Å². The van der Waals surface area contributed by atoms with Gasteiger partial charge in [-0.3, -0.25) is 4.98 Å². The molecule has 2 aromatic rings. The summed E-state index contributed by atoms with van der Waals surface area (Å²) in [4.78, 5) is 6.30. The first kappa shape index (κ1) is 17.5. The highest BCUT2D eigenvalue weighted by atomic mass is 35.5. The molecule has 0 radical (unpaired) electrons. The third-order valence-electron chi connectivity index (χ3n) is 3.98. The zero-order chi connectivity index (χ0) is 17.2. The van der Waals surface area contributed by atoms with Gasteiger partial charge in [-0.1, -0.05) is 41.4 Å². The molecule has 1 fully saturated rings. The molecule has 2 heterocycles. The minimum absolute atomic E-state index is 0.318. The summed E-state index contributed by atoms with van der Waals surface area (Å²) in [5.74, 6) is 0. The molecule has 0 saturated carbocycles. The summed E-state index contributed by atoms with van der Waals surface area (Å²) in [6.45, 7) is 2.06. The Morgan fingerprint density at radius 1 is 0.917 bits per heavy atom. The number of halogens is 2. The topological polar surface area (TPSA) is 53.5 Å². The summed E-state index contributed by atoms with van der Waals surface area (Å²) >= 11 is 12.4. The zero-order valence-corrected chi connectivity index (χ0v) is 15.2. The molecule has 0 atom stereocenters. The second kappa shape index (κ2) is 7.27. The van der Waals surface area contributed by atoms with Gasteiger partial charge in [-0.05, 0) is 18.6 Å². The number of benzene rings is 1. The average molecular weight is 386 g/mol. The molecule has 128 valence electrons. The highest BCUT2D eigenvalue weighted by Crippen LogP contribution is 2.33. The van der Waals surface area contributed by atoms with Crippen LogP contribution in [-0.2, 0) is 10.0 Å². The molecule has 0 spiro atoms. The van der Waals surface area contributed by atoms with Crippen LogP contribution >= 0.6 is 23.2 Å². The van der Waals surface area contributed by atoms with Crippen LogP contribution in [0.25, 0.3) is 0 Å². The molecule has 5 nitrogen and oxygen atoms in total. The van der Waals surface area contributed by atoms with Crippen LogP contribution in [0.3, 0.4) is 0 Å². The van der Waals surface area contributed by atoms with Crippen LogP contribution in [-0.4, -0.2) is 43.9 Å². The van der Waals surface area contributed by atoms with Crippen LogP contribution in [0.15, 0.2) is 47.6 Å². The Kier molecular flexibility index (Phi) is 5.30. The van der Waals surface area contributed by atoms with Crippen molar-refractivity contribution in [2.75, 3.05) is 31.1 Å². The Morgan fingerprint density at radius 2 is 1.58 bits per heavy atom. The first-order chi connectivity index (χ1) is 11.5. The molecule has 1 saturated heterocycles. The summed E-state index contributed by atoms with van der Waals surface area (Å²) in [5.41, 5.74) is 0.715. The van der Waals surface area contributed by atoms with Crippen LogP contribution in [0.5, 0.6) is 0 Å². The SMILES string of the molecule is O=S(=O)(c1ccccc1)N1CCCN(c2c(Cl)cncc2Cl)CC1. The number of aromatic nitrogens is 1. The molecule has 1 aliphatic heterocycles. The van der Waals surface area contributed by atoms with E-state index in [4.69, 9.17) is 23.2 Å². The van der Waals surface area contributed by atoms with E-state index in [1.807, 2.05) is 4.90 Å². The maximum atomic E-state index is 12.8. The van der Waals surface area contributed by atoms with E-state index in [1.165, 1.54) is 4.31 Å². The predicted octanol–water partition coefficient (Wildman–Crippen LogP) is 3.29. The number of sulfonamides is 1. The highest BCUT2D eigenvalue weighted by molar-refractivity contribution is 7.89. The van der Waals surface area contributed by atoms with Gasteiger partial charge in [-0.2, -0.15) is 4.31 Å². The van der Waals surface area contributed by atoms with Crippen molar-refractivity contribution in [3.8, 4) is 0 Å². The van der Waals surface area contributed by atoms with Crippen molar-refractivity contribution >= 4 is 38.9 Å². The molecule has 0 aliphatic carbocycles. The molecule has 24 heavy (non-hydrogen) atoms. The van der Waals surface area contributed by atoms with Gasteiger partial charge in [0, 0.05) is 38.6 Å². The Balaban J connectivity index is 1.81.